The second-order valence-corrected chi connectivity index (χ2v) is 5.64. The van der Waals surface area contributed by atoms with Crippen LogP contribution in [0.5, 0.6) is 0 Å². The van der Waals surface area contributed by atoms with Crippen LogP contribution in [0.3, 0.4) is 0 Å². The molecule has 0 saturated carbocycles. The normalized spacial score (nSPS) is 10.4. The monoisotopic (exact) mass is 341 g/mol. The Morgan fingerprint density at radius 1 is 1.58 bits per heavy atom. The van der Waals surface area contributed by atoms with Crippen LogP contribution in [-0.2, 0) is 4.79 Å². The van der Waals surface area contributed by atoms with Crippen molar-refractivity contribution in [2.45, 2.75) is 12.1 Å². The molecule has 1 heterocycles. The molecule has 1 amide bonds. The second-order valence-electron chi connectivity index (χ2n) is 3.84. The molecule has 3 N–H and O–H groups in total. The molecule has 0 aliphatic rings. The SMILES string of the molecule is Cc1ccc(NC(=O)CSc2nncn2N)c(Br)c1. The number of nitrogens with two attached hydrogens (primary N) is 1. The average Bonchev–Trinajstić information content (AvgIpc) is 2.76. The third-order valence-corrected chi connectivity index (χ3v) is 3.88. The van der Waals surface area contributed by atoms with Crippen LogP contribution >= 0.6 is 27.7 Å². The third kappa shape index (κ3) is 3.71. The van der Waals surface area contributed by atoms with Gasteiger partial charge in [0.15, 0.2) is 0 Å². The molecule has 0 aliphatic heterocycles. The van der Waals surface area contributed by atoms with E-state index in [1.54, 1.807) is 0 Å². The Balaban J connectivity index is 1.93. The number of carbonyl (C=O) groups excluding carboxylic acids is 1. The predicted molar refractivity (Wildman–Crippen MR) is 78.4 cm³/mol. The van der Waals surface area contributed by atoms with E-state index >= 15 is 0 Å². The van der Waals surface area contributed by atoms with Gasteiger partial charge in [-0.05, 0) is 40.5 Å². The van der Waals surface area contributed by atoms with Gasteiger partial charge in [-0.15, -0.1) is 10.2 Å². The van der Waals surface area contributed by atoms with E-state index in [0.29, 0.717) is 5.16 Å². The molecule has 8 heteroatoms. The molecular formula is C11H12BrN5OS. The molecule has 0 unspecified atom stereocenters. The van der Waals surface area contributed by atoms with E-state index < -0.39 is 0 Å². The third-order valence-electron chi connectivity index (χ3n) is 2.27. The molecular weight excluding hydrogens is 330 g/mol. The first kappa shape index (κ1) is 13.9. The molecule has 100 valence electrons. The number of amides is 1. The summed E-state index contributed by atoms with van der Waals surface area (Å²) in [6.07, 6.45) is 1.39. The van der Waals surface area contributed by atoms with Gasteiger partial charge in [-0.25, -0.2) is 4.68 Å². The summed E-state index contributed by atoms with van der Waals surface area (Å²) in [7, 11) is 0. The van der Waals surface area contributed by atoms with Gasteiger partial charge in [0.1, 0.15) is 6.33 Å². The lowest BCUT2D eigenvalue weighted by molar-refractivity contribution is -0.113. The maximum Gasteiger partial charge on any atom is 0.234 e. The van der Waals surface area contributed by atoms with Gasteiger partial charge in [0.05, 0.1) is 11.4 Å². The molecule has 0 radical (unpaired) electrons. The average molecular weight is 342 g/mol. The number of thioether (sulfide) groups is 1. The predicted octanol–water partition coefficient (Wildman–Crippen LogP) is 1.79. The molecule has 2 aromatic rings. The van der Waals surface area contributed by atoms with Crippen LogP contribution in [0, 0.1) is 6.92 Å². The zero-order chi connectivity index (χ0) is 13.8. The maximum atomic E-state index is 11.8. The molecule has 1 aromatic heterocycles. The Kier molecular flexibility index (Phi) is 4.43. The summed E-state index contributed by atoms with van der Waals surface area (Å²) < 4.78 is 2.13. The van der Waals surface area contributed by atoms with Crippen LogP contribution in [0.1, 0.15) is 5.56 Å². The first-order valence-electron chi connectivity index (χ1n) is 5.40. The van der Waals surface area contributed by atoms with Crippen molar-refractivity contribution in [2.24, 2.45) is 0 Å². The van der Waals surface area contributed by atoms with Crippen molar-refractivity contribution in [3.8, 4) is 0 Å². The molecule has 0 spiro atoms. The zero-order valence-electron chi connectivity index (χ0n) is 10.1. The smallest absolute Gasteiger partial charge is 0.234 e. The van der Waals surface area contributed by atoms with Crippen LogP contribution in [0.2, 0.25) is 0 Å². The lowest BCUT2D eigenvalue weighted by Crippen LogP contribution is -2.16. The standard InChI is InChI=1S/C11H12BrN5OS/c1-7-2-3-9(8(12)4-7)15-10(18)5-19-11-16-14-6-17(11)13/h2-4,6H,5,13H2,1H3,(H,15,18). The Labute approximate surface area is 122 Å². The second kappa shape index (κ2) is 6.07. The Morgan fingerprint density at radius 2 is 2.37 bits per heavy atom. The minimum absolute atomic E-state index is 0.127. The van der Waals surface area contributed by atoms with Crippen molar-refractivity contribution >= 4 is 39.3 Å². The summed E-state index contributed by atoms with van der Waals surface area (Å²) in [6, 6.07) is 5.73. The number of nitrogen functional groups attached to an aromatic ring is 1. The fraction of sp³-hybridized carbons (Fsp3) is 0.182. The van der Waals surface area contributed by atoms with E-state index in [0.717, 1.165) is 15.7 Å². The van der Waals surface area contributed by atoms with Crippen molar-refractivity contribution in [1.29, 1.82) is 0 Å². The summed E-state index contributed by atoms with van der Waals surface area (Å²) in [5.74, 6) is 5.64. The molecule has 0 bridgehead atoms. The van der Waals surface area contributed by atoms with E-state index in [4.69, 9.17) is 5.84 Å². The van der Waals surface area contributed by atoms with E-state index in [1.165, 1.54) is 22.8 Å². The van der Waals surface area contributed by atoms with Gasteiger partial charge >= 0.3 is 0 Å². The molecule has 0 aliphatic carbocycles. The highest BCUT2D eigenvalue weighted by atomic mass is 79.9. The van der Waals surface area contributed by atoms with Crippen LogP contribution in [0.15, 0.2) is 34.2 Å². The van der Waals surface area contributed by atoms with Crippen molar-refractivity contribution in [2.75, 3.05) is 16.9 Å². The molecule has 0 atom stereocenters. The van der Waals surface area contributed by atoms with E-state index in [9.17, 15) is 4.79 Å². The molecule has 6 nitrogen and oxygen atoms in total. The topological polar surface area (TPSA) is 85.8 Å². The minimum Gasteiger partial charge on any atom is -0.336 e. The number of aromatic nitrogens is 3. The summed E-state index contributed by atoms with van der Waals surface area (Å²) in [5.41, 5.74) is 1.86. The lowest BCUT2D eigenvalue weighted by atomic mass is 10.2. The van der Waals surface area contributed by atoms with Gasteiger partial charge in [-0.2, -0.15) is 0 Å². The van der Waals surface area contributed by atoms with Gasteiger partial charge in [-0.3, -0.25) is 4.79 Å². The molecule has 0 saturated heterocycles. The van der Waals surface area contributed by atoms with Crippen molar-refractivity contribution in [3.05, 3.63) is 34.6 Å². The summed E-state index contributed by atoms with van der Waals surface area (Å²) in [4.78, 5) is 11.8. The largest absolute Gasteiger partial charge is 0.336 e. The van der Waals surface area contributed by atoms with Gasteiger partial charge in [0.2, 0.25) is 11.1 Å². The lowest BCUT2D eigenvalue weighted by Gasteiger charge is -2.07. The van der Waals surface area contributed by atoms with E-state index in [1.807, 2.05) is 25.1 Å². The number of anilines is 1. The van der Waals surface area contributed by atoms with E-state index in [-0.39, 0.29) is 11.7 Å². The quantitative estimate of drug-likeness (QED) is 0.654. The van der Waals surface area contributed by atoms with Crippen LogP contribution < -0.4 is 11.2 Å². The summed E-state index contributed by atoms with van der Waals surface area (Å²) >= 11 is 4.64. The number of halogens is 1. The molecule has 1 aromatic carbocycles. The fourth-order valence-electron chi connectivity index (χ4n) is 1.37. The minimum atomic E-state index is -0.127. The van der Waals surface area contributed by atoms with E-state index in [2.05, 4.69) is 31.4 Å². The number of benzene rings is 1. The number of hydrogen-bond donors (Lipinski definition) is 2. The van der Waals surface area contributed by atoms with Crippen LogP contribution in [0.4, 0.5) is 5.69 Å². The Bertz CT molecular complexity index is 601. The summed E-state index contributed by atoms with van der Waals surface area (Å²) in [5, 5.41) is 10.7. The highest BCUT2D eigenvalue weighted by Gasteiger charge is 2.09. The number of hydrogen-bond acceptors (Lipinski definition) is 5. The molecule has 0 fully saturated rings. The first-order valence-corrected chi connectivity index (χ1v) is 7.18. The van der Waals surface area contributed by atoms with Gasteiger partial charge in [0.25, 0.3) is 0 Å². The number of rotatable bonds is 4. The summed E-state index contributed by atoms with van der Waals surface area (Å²) in [6.45, 7) is 1.99. The number of carbonyl (C=O) groups is 1. The maximum absolute atomic E-state index is 11.8. The molecule has 2 rings (SSSR count). The molecule has 19 heavy (non-hydrogen) atoms. The number of nitrogens with zero attached hydrogens (tertiary/aromatic N) is 3. The van der Waals surface area contributed by atoms with Crippen molar-refractivity contribution in [1.82, 2.24) is 14.9 Å². The Morgan fingerprint density at radius 3 is 3.00 bits per heavy atom. The van der Waals surface area contributed by atoms with Crippen LogP contribution in [0.25, 0.3) is 0 Å². The van der Waals surface area contributed by atoms with Gasteiger partial charge in [-0.1, -0.05) is 17.8 Å². The van der Waals surface area contributed by atoms with Crippen molar-refractivity contribution in [3.63, 3.8) is 0 Å². The fourth-order valence-corrected chi connectivity index (χ4v) is 2.60. The zero-order valence-corrected chi connectivity index (χ0v) is 12.5. The van der Waals surface area contributed by atoms with Crippen molar-refractivity contribution < 1.29 is 4.79 Å². The highest BCUT2D eigenvalue weighted by Crippen LogP contribution is 2.23. The number of aryl methyl sites for hydroxylation is 1. The Hall–Kier alpha value is -1.54. The highest BCUT2D eigenvalue weighted by molar-refractivity contribution is 9.10. The van der Waals surface area contributed by atoms with Crippen LogP contribution in [-0.4, -0.2) is 26.5 Å². The number of nitrogens with one attached hydrogen (secondary N) is 1. The van der Waals surface area contributed by atoms with Gasteiger partial charge < -0.3 is 11.2 Å². The first-order chi connectivity index (χ1) is 9.06. The van der Waals surface area contributed by atoms with Gasteiger partial charge in [0, 0.05) is 4.47 Å².